The fourth-order valence-electron chi connectivity index (χ4n) is 2.76. The number of hydrogen-bond donors (Lipinski definition) is 1. The van der Waals surface area contributed by atoms with Gasteiger partial charge in [0.1, 0.15) is 12.1 Å². The monoisotopic (exact) mass is 245 g/mol. The summed E-state index contributed by atoms with van der Waals surface area (Å²) in [7, 11) is 0. The van der Waals surface area contributed by atoms with Gasteiger partial charge in [0.15, 0.2) is 5.65 Å². The Labute approximate surface area is 107 Å². The molecule has 96 valence electrons. The smallest absolute Gasteiger partial charge is 0.163 e. The van der Waals surface area contributed by atoms with Gasteiger partial charge in [-0.25, -0.2) is 14.6 Å². The topological polar surface area (TPSA) is 55.6 Å². The normalized spacial score (nSPS) is 17.2. The van der Waals surface area contributed by atoms with Gasteiger partial charge in [-0.3, -0.25) is 0 Å². The van der Waals surface area contributed by atoms with E-state index in [2.05, 4.69) is 32.0 Å². The molecule has 1 aliphatic carbocycles. The molecule has 0 aromatic carbocycles. The van der Waals surface area contributed by atoms with Gasteiger partial charge in [-0.05, 0) is 19.8 Å². The minimum Gasteiger partial charge on any atom is -0.370 e. The Kier molecular flexibility index (Phi) is 3.13. The zero-order valence-electron chi connectivity index (χ0n) is 10.8. The first-order chi connectivity index (χ1) is 8.90. The maximum absolute atomic E-state index is 4.54. The lowest BCUT2D eigenvalue weighted by Gasteiger charge is -2.22. The molecule has 0 unspecified atom stereocenters. The lowest BCUT2D eigenvalue weighted by atomic mass is 9.96. The molecule has 0 atom stereocenters. The summed E-state index contributed by atoms with van der Waals surface area (Å²) in [5.41, 5.74) is 0.966. The van der Waals surface area contributed by atoms with Gasteiger partial charge in [0.25, 0.3) is 0 Å². The van der Waals surface area contributed by atoms with E-state index >= 15 is 0 Å². The number of hydrogen-bond acceptors (Lipinski definition) is 4. The first-order valence-electron chi connectivity index (χ1n) is 6.82. The van der Waals surface area contributed by atoms with Crippen LogP contribution in [-0.4, -0.2) is 26.3 Å². The maximum atomic E-state index is 4.54. The zero-order valence-corrected chi connectivity index (χ0v) is 10.8. The van der Waals surface area contributed by atoms with Crippen LogP contribution in [0.15, 0.2) is 12.5 Å². The van der Waals surface area contributed by atoms with E-state index in [9.17, 15) is 0 Å². The van der Waals surface area contributed by atoms with E-state index in [1.807, 2.05) is 6.20 Å². The van der Waals surface area contributed by atoms with Crippen LogP contribution in [0.4, 0.5) is 5.82 Å². The Morgan fingerprint density at radius 2 is 2.11 bits per heavy atom. The van der Waals surface area contributed by atoms with Crippen molar-refractivity contribution in [1.82, 2.24) is 19.7 Å². The highest BCUT2D eigenvalue weighted by atomic mass is 15.3. The van der Waals surface area contributed by atoms with Gasteiger partial charge in [0.05, 0.1) is 17.6 Å². The van der Waals surface area contributed by atoms with Crippen molar-refractivity contribution in [3.05, 3.63) is 12.5 Å². The van der Waals surface area contributed by atoms with Crippen molar-refractivity contribution in [2.75, 3.05) is 11.9 Å². The van der Waals surface area contributed by atoms with Gasteiger partial charge in [-0.15, -0.1) is 0 Å². The van der Waals surface area contributed by atoms with Crippen molar-refractivity contribution in [3.8, 4) is 0 Å². The van der Waals surface area contributed by atoms with E-state index in [0.717, 1.165) is 23.4 Å². The first kappa shape index (κ1) is 11.4. The van der Waals surface area contributed by atoms with E-state index in [1.165, 1.54) is 32.1 Å². The fourth-order valence-corrected chi connectivity index (χ4v) is 2.76. The van der Waals surface area contributed by atoms with Gasteiger partial charge in [0.2, 0.25) is 0 Å². The third-order valence-corrected chi connectivity index (χ3v) is 3.66. The molecule has 1 N–H and O–H groups in total. The Balaban J connectivity index is 2.00. The quantitative estimate of drug-likeness (QED) is 0.903. The second-order valence-electron chi connectivity index (χ2n) is 4.87. The highest BCUT2D eigenvalue weighted by Gasteiger charge is 2.19. The van der Waals surface area contributed by atoms with Gasteiger partial charge >= 0.3 is 0 Å². The molecule has 0 saturated heterocycles. The molecule has 1 saturated carbocycles. The van der Waals surface area contributed by atoms with Crippen molar-refractivity contribution in [2.24, 2.45) is 0 Å². The average Bonchev–Trinajstić information content (AvgIpc) is 2.85. The summed E-state index contributed by atoms with van der Waals surface area (Å²) in [5, 5.41) is 8.83. The molecule has 0 amide bonds. The van der Waals surface area contributed by atoms with Crippen molar-refractivity contribution in [3.63, 3.8) is 0 Å². The van der Waals surface area contributed by atoms with Crippen molar-refractivity contribution >= 4 is 16.9 Å². The molecule has 0 aliphatic heterocycles. The SMILES string of the molecule is CCNc1ncnc2c1cnn2C1CCCCC1. The molecule has 2 aromatic heterocycles. The molecule has 5 nitrogen and oxygen atoms in total. The lowest BCUT2D eigenvalue weighted by Crippen LogP contribution is -2.14. The molecule has 1 fully saturated rings. The Morgan fingerprint density at radius 3 is 2.89 bits per heavy atom. The number of nitrogens with zero attached hydrogens (tertiary/aromatic N) is 4. The number of aromatic nitrogens is 4. The van der Waals surface area contributed by atoms with Crippen LogP contribution in [0, 0.1) is 0 Å². The van der Waals surface area contributed by atoms with Crippen molar-refractivity contribution < 1.29 is 0 Å². The fraction of sp³-hybridized carbons (Fsp3) is 0.615. The van der Waals surface area contributed by atoms with Crippen LogP contribution in [0.2, 0.25) is 0 Å². The van der Waals surface area contributed by atoms with E-state index in [0.29, 0.717) is 6.04 Å². The predicted molar refractivity (Wildman–Crippen MR) is 71.6 cm³/mol. The number of anilines is 1. The lowest BCUT2D eigenvalue weighted by molar-refractivity contribution is 0.336. The van der Waals surface area contributed by atoms with Crippen molar-refractivity contribution in [2.45, 2.75) is 45.1 Å². The summed E-state index contributed by atoms with van der Waals surface area (Å²) in [6, 6.07) is 0.514. The van der Waals surface area contributed by atoms with Crippen molar-refractivity contribution in [1.29, 1.82) is 0 Å². The third kappa shape index (κ3) is 1.94. The highest BCUT2D eigenvalue weighted by molar-refractivity contribution is 5.86. The second kappa shape index (κ2) is 4.92. The third-order valence-electron chi connectivity index (χ3n) is 3.66. The Hall–Kier alpha value is -1.65. The molecule has 2 aromatic rings. The molecule has 0 bridgehead atoms. The molecule has 0 spiro atoms. The van der Waals surface area contributed by atoms with Gasteiger partial charge in [-0.1, -0.05) is 19.3 Å². The van der Waals surface area contributed by atoms with Crippen LogP contribution in [0.25, 0.3) is 11.0 Å². The molecular formula is C13H19N5. The van der Waals surface area contributed by atoms with E-state index in [1.54, 1.807) is 6.33 Å². The molecule has 0 radical (unpaired) electrons. The summed E-state index contributed by atoms with van der Waals surface area (Å²) < 4.78 is 2.09. The Bertz CT molecular complexity index is 527. The predicted octanol–water partition coefficient (Wildman–Crippen LogP) is 2.76. The standard InChI is InChI=1S/C13H19N5/c1-2-14-12-11-8-17-18(13(11)16-9-15-12)10-6-4-3-5-7-10/h8-10H,2-7H2,1H3,(H,14,15,16). The average molecular weight is 245 g/mol. The van der Waals surface area contributed by atoms with E-state index in [-0.39, 0.29) is 0 Å². The molecular weight excluding hydrogens is 226 g/mol. The summed E-state index contributed by atoms with van der Waals surface area (Å²) in [6.45, 7) is 2.93. The maximum Gasteiger partial charge on any atom is 0.163 e. The van der Waals surface area contributed by atoms with Crippen LogP contribution in [-0.2, 0) is 0 Å². The van der Waals surface area contributed by atoms with Crippen LogP contribution >= 0.6 is 0 Å². The minimum absolute atomic E-state index is 0.514. The molecule has 5 heteroatoms. The number of rotatable bonds is 3. The van der Waals surface area contributed by atoms with Gasteiger partial charge in [-0.2, -0.15) is 5.10 Å². The summed E-state index contributed by atoms with van der Waals surface area (Å²) in [5.74, 6) is 0.893. The van der Waals surface area contributed by atoms with Gasteiger partial charge in [0, 0.05) is 6.54 Å². The van der Waals surface area contributed by atoms with E-state index in [4.69, 9.17) is 0 Å². The largest absolute Gasteiger partial charge is 0.370 e. The van der Waals surface area contributed by atoms with Crippen LogP contribution in [0.5, 0.6) is 0 Å². The van der Waals surface area contributed by atoms with Crippen LogP contribution < -0.4 is 5.32 Å². The number of nitrogens with one attached hydrogen (secondary N) is 1. The molecule has 1 aliphatic rings. The van der Waals surface area contributed by atoms with E-state index < -0.39 is 0 Å². The molecule has 3 rings (SSSR count). The van der Waals surface area contributed by atoms with Crippen LogP contribution in [0.3, 0.4) is 0 Å². The highest BCUT2D eigenvalue weighted by Crippen LogP contribution is 2.30. The molecule has 18 heavy (non-hydrogen) atoms. The minimum atomic E-state index is 0.514. The number of fused-ring (bicyclic) bond motifs is 1. The first-order valence-corrected chi connectivity index (χ1v) is 6.82. The zero-order chi connectivity index (χ0) is 12.4. The summed E-state index contributed by atoms with van der Waals surface area (Å²) in [4.78, 5) is 8.69. The van der Waals surface area contributed by atoms with Crippen LogP contribution in [0.1, 0.15) is 45.1 Å². The Morgan fingerprint density at radius 1 is 1.28 bits per heavy atom. The second-order valence-corrected chi connectivity index (χ2v) is 4.87. The summed E-state index contributed by atoms with van der Waals surface area (Å²) in [6.07, 6.45) is 9.92. The summed E-state index contributed by atoms with van der Waals surface area (Å²) >= 11 is 0. The molecule has 2 heterocycles. The van der Waals surface area contributed by atoms with Gasteiger partial charge < -0.3 is 5.32 Å².